The average molecular weight is 393 g/mol. The first-order valence-electron chi connectivity index (χ1n) is 8.69. The number of aromatic nitrogens is 3. The maximum Gasteiger partial charge on any atom is 0.273 e. The highest BCUT2D eigenvalue weighted by Crippen LogP contribution is 2.34. The van der Waals surface area contributed by atoms with Crippen LogP contribution in [0.4, 0.5) is 8.78 Å². The fraction of sp³-hybridized carbons (Fsp3) is 0.444. The van der Waals surface area contributed by atoms with E-state index in [2.05, 4.69) is 15.6 Å². The first-order chi connectivity index (χ1) is 13.2. The number of methoxy groups -OCH3 is 1. The van der Waals surface area contributed by atoms with E-state index in [-0.39, 0.29) is 12.2 Å². The summed E-state index contributed by atoms with van der Waals surface area (Å²) in [5.74, 6) is -3.31. The molecule has 10 heteroatoms. The lowest BCUT2D eigenvalue weighted by atomic mass is 10.1. The van der Waals surface area contributed by atoms with Crippen molar-refractivity contribution >= 4 is 11.8 Å². The molecule has 1 N–H and O–H groups in total. The number of hydrogen-bond donors (Lipinski definition) is 1. The van der Waals surface area contributed by atoms with Crippen LogP contribution in [0.1, 0.15) is 32.8 Å². The van der Waals surface area contributed by atoms with E-state index >= 15 is 0 Å². The summed E-state index contributed by atoms with van der Waals surface area (Å²) in [7, 11) is 2.97. The number of halogens is 2. The van der Waals surface area contributed by atoms with Gasteiger partial charge in [0.25, 0.3) is 17.7 Å². The number of likely N-dealkylation sites (tertiary alicyclic amines) is 1. The Hall–Kier alpha value is -3.04. The highest BCUT2D eigenvalue weighted by Gasteiger charge is 2.47. The predicted octanol–water partition coefficient (Wildman–Crippen LogP) is 1.50. The fourth-order valence-electron chi connectivity index (χ4n) is 3.29. The van der Waals surface area contributed by atoms with Gasteiger partial charge in [-0.2, -0.15) is 0 Å². The van der Waals surface area contributed by atoms with E-state index in [9.17, 15) is 18.4 Å². The molecule has 1 saturated heterocycles. The molecule has 8 nitrogen and oxygen atoms in total. The van der Waals surface area contributed by atoms with Crippen LogP contribution in [0.2, 0.25) is 0 Å². The largest absolute Gasteiger partial charge is 0.497 e. The Bertz CT molecular complexity index is 899. The Morgan fingerprint density at radius 1 is 1.39 bits per heavy atom. The van der Waals surface area contributed by atoms with Crippen molar-refractivity contribution in [2.75, 3.05) is 20.7 Å². The number of ether oxygens (including phenoxy) is 1. The minimum absolute atomic E-state index is 0.0144. The van der Waals surface area contributed by atoms with Gasteiger partial charge >= 0.3 is 0 Å². The molecular weight excluding hydrogens is 372 g/mol. The molecule has 1 aromatic carbocycles. The van der Waals surface area contributed by atoms with Crippen molar-refractivity contribution < 1.29 is 23.1 Å². The number of nitrogens with one attached hydrogen (secondary N) is 1. The number of rotatable bonds is 5. The van der Waals surface area contributed by atoms with Gasteiger partial charge in [0.2, 0.25) is 0 Å². The second kappa shape index (κ2) is 7.53. The van der Waals surface area contributed by atoms with Gasteiger partial charge < -0.3 is 15.0 Å². The zero-order valence-electron chi connectivity index (χ0n) is 15.8. The zero-order chi connectivity index (χ0) is 20.5. The van der Waals surface area contributed by atoms with E-state index in [1.54, 1.807) is 25.1 Å². The first kappa shape index (κ1) is 19.7. The van der Waals surface area contributed by atoms with Crippen LogP contribution in [0.15, 0.2) is 24.4 Å². The van der Waals surface area contributed by atoms with Crippen molar-refractivity contribution in [1.29, 1.82) is 0 Å². The summed E-state index contributed by atoms with van der Waals surface area (Å²) in [6.45, 7) is 1.07. The Morgan fingerprint density at radius 2 is 2.14 bits per heavy atom. The smallest absolute Gasteiger partial charge is 0.273 e. The third-order valence-corrected chi connectivity index (χ3v) is 4.70. The molecule has 0 unspecified atom stereocenters. The van der Waals surface area contributed by atoms with Crippen LogP contribution in [0.5, 0.6) is 5.75 Å². The van der Waals surface area contributed by atoms with Crippen molar-refractivity contribution in [2.24, 2.45) is 0 Å². The van der Waals surface area contributed by atoms with E-state index in [1.165, 1.54) is 25.0 Å². The topological polar surface area (TPSA) is 89.4 Å². The predicted molar refractivity (Wildman–Crippen MR) is 95.5 cm³/mol. The van der Waals surface area contributed by atoms with Crippen LogP contribution in [-0.2, 0) is 6.54 Å². The molecule has 0 saturated carbocycles. The highest BCUT2D eigenvalue weighted by molar-refractivity contribution is 5.96. The van der Waals surface area contributed by atoms with Crippen molar-refractivity contribution in [3.05, 3.63) is 41.2 Å². The lowest BCUT2D eigenvalue weighted by Crippen LogP contribution is -2.39. The number of carbonyl (C=O) groups excluding carboxylic acids is 2. The number of aryl methyl sites for hydroxylation is 1. The summed E-state index contributed by atoms with van der Waals surface area (Å²) in [4.78, 5) is 25.7. The van der Waals surface area contributed by atoms with Gasteiger partial charge in [-0.15, -0.1) is 5.10 Å². The average Bonchev–Trinajstić information content (AvgIpc) is 3.24. The minimum atomic E-state index is -3.00. The van der Waals surface area contributed by atoms with Gasteiger partial charge in [0, 0.05) is 19.0 Å². The molecule has 1 aliphatic rings. The lowest BCUT2D eigenvalue weighted by Gasteiger charge is -2.24. The molecule has 0 aliphatic carbocycles. The number of benzene rings is 1. The Kier molecular flexibility index (Phi) is 5.30. The molecule has 28 heavy (non-hydrogen) atoms. The molecule has 0 radical (unpaired) electrons. The zero-order valence-corrected chi connectivity index (χ0v) is 15.8. The molecule has 1 aliphatic heterocycles. The lowest BCUT2D eigenvalue weighted by molar-refractivity contribution is 0.0117. The molecule has 0 bridgehead atoms. The number of alkyl halides is 2. The standard InChI is InChI=1S/C18H21F2N5O3/c1-11-6-13(28-3)4-5-14(11)17(27)25-10-18(19,20)7-12(25)8-24-9-15(22-23-24)16(26)21-2/h4-6,9,12H,7-8,10H2,1-3H3,(H,21,26)/t12-/m0/s1. The van der Waals surface area contributed by atoms with Gasteiger partial charge in [-0.1, -0.05) is 5.21 Å². The molecule has 3 rings (SSSR count). The molecule has 150 valence electrons. The number of amides is 2. The number of hydrogen-bond acceptors (Lipinski definition) is 5. The third kappa shape index (κ3) is 3.95. The van der Waals surface area contributed by atoms with E-state index in [1.807, 2.05) is 0 Å². The molecule has 2 heterocycles. The third-order valence-electron chi connectivity index (χ3n) is 4.70. The minimum Gasteiger partial charge on any atom is -0.497 e. The van der Waals surface area contributed by atoms with Crippen LogP contribution in [0, 0.1) is 6.92 Å². The maximum atomic E-state index is 14.1. The Balaban J connectivity index is 1.83. The summed E-state index contributed by atoms with van der Waals surface area (Å²) in [5.41, 5.74) is 1.06. The Labute approximate surface area is 160 Å². The van der Waals surface area contributed by atoms with Crippen molar-refractivity contribution in [1.82, 2.24) is 25.2 Å². The van der Waals surface area contributed by atoms with E-state index < -0.39 is 36.7 Å². The van der Waals surface area contributed by atoms with Gasteiger partial charge in [-0.3, -0.25) is 9.59 Å². The van der Waals surface area contributed by atoms with Crippen molar-refractivity contribution in [3.8, 4) is 5.75 Å². The Morgan fingerprint density at radius 3 is 2.79 bits per heavy atom. The summed E-state index contributed by atoms with van der Waals surface area (Å²) in [6.07, 6.45) is 0.889. The van der Waals surface area contributed by atoms with Crippen LogP contribution in [0.25, 0.3) is 0 Å². The van der Waals surface area contributed by atoms with Gasteiger partial charge in [0.15, 0.2) is 5.69 Å². The van der Waals surface area contributed by atoms with E-state index in [0.717, 1.165) is 4.90 Å². The molecule has 1 fully saturated rings. The maximum absolute atomic E-state index is 14.1. The fourth-order valence-corrected chi connectivity index (χ4v) is 3.29. The molecule has 2 amide bonds. The molecule has 1 atom stereocenters. The molecular formula is C18H21F2N5O3. The number of nitrogens with zero attached hydrogens (tertiary/aromatic N) is 4. The SMILES string of the molecule is CNC(=O)c1cn(C[C@@H]2CC(F)(F)CN2C(=O)c2ccc(OC)cc2C)nn1. The molecule has 2 aromatic rings. The normalized spacial score (nSPS) is 18.2. The van der Waals surface area contributed by atoms with Crippen molar-refractivity contribution in [3.63, 3.8) is 0 Å². The van der Waals surface area contributed by atoms with Gasteiger partial charge in [-0.05, 0) is 30.7 Å². The van der Waals surface area contributed by atoms with Crippen molar-refractivity contribution in [2.45, 2.75) is 31.9 Å². The summed E-state index contributed by atoms with van der Waals surface area (Å²) >= 11 is 0. The highest BCUT2D eigenvalue weighted by atomic mass is 19.3. The monoisotopic (exact) mass is 393 g/mol. The van der Waals surface area contributed by atoms with Crippen LogP contribution in [-0.4, -0.2) is 64.4 Å². The summed E-state index contributed by atoms with van der Waals surface area (Å²) < 4.78 is 34.6. The molecule has 0 spiro atoms. The van der Waals surface area contributed by atoms with Gasteiger partial charge in [0.05, 0.1) is 32.4 Å². The van der Waals surface area contributed by atoms with Crippen LogP contribution in [0.3, 0.4) is 0 Å². The van der Waals surface area contributed by atoms with Gasteiger partial charge in [0.1, 0.15) is 5.75 Å². The first-order valence-corrected chi connectivity index (χ1v) is 8.69. The second-order valence-corrected chi connectivity index (χ2v) is 6.73. The number of carbonyl (C=O) groups is 2. The quantitative estimate of drug-likeness (QED) is 0.832. The van der Waals surface area contributed by atoms with E-state index in [0.29, 0.717) is 16.9 Å². The van der Waals surface area contributed by atoms with Crippen LogP contribution >= 0.6 is 0 Å². The van der Waals surface area contributed by atoms with Gasteiger partial charge in [-0.25, -0.2) is 13.5 Å². The van der Waals surface area contributed by atoms with Crippen LogP contribution < -0.4 is 10.1 Å². The second-order valence-electron chi connectivity index (χ2n) is 6.73. The summed E-state index contributed by atoms with van der Waals surface area (Å²) in [6, 6.07) is 4.10. The summed E-state index contributed by atoms with van der Waals surface area (Å²) in [5, 5.41) is 9.95. The molecule has 1 aromatic heterocycles. The van der Waals surface area contributed by atoms with E-state index in [4.69, 9.17) is 4.74 Å².